The average molecular weight is 302 g/mol. The molecule has 0 aromatic carbocycles. The average Bonchev–Trinajstić information content (AvgIpc) is 2.36. The van der Waals surface area contributed by atoms with Gasteiger partial charge in [-0.15, -0.1) is 0 Å². The number of anilines is 1. The third-order valence-corrected chi connectivity index (χ3v) is 3.47. The lowest BCUT2D eigenvalue weighted by atomic mass is 10.0. The van der Waals surface area contributed by atoms with Crippen LogP contribution in [0.3, 0.4) is 0 Å². The second kappa shape index (κ2) is 6.31. The fraction of sp³-hybridized carbons (Fsp3) is 0.667. The summed E-state index contributed by atoms with van der Waals surface area (Å²) in [5.74, 6) is 1.54. The van der Waals surface area contributed by atoms with E-state index in [0.717, 1.165) is 29.7 Å². The lowest BCUT2D eigenvalue weighted by Gasteiger charge is -2.25. The van der Waals surface area contributed by atoms with Crippen molar-refractivity contribution in [1.29, 1.82) is 0 Å². The third-order valence-electron chi connectivity index (χ3n) is 2.88. The van der Waals surface area contributed by atoms with Crippen molar-refractivity contribution in [3.05, 3.63) is 16.5 Å². The Labute approximate surface area is 111 Å². The molecule has 4 nitrogen and oxygen atoms in total. The van der Waals surface area contributed by atoms with E-state index in [0.29, 0.717) is 5.82 Å². The normalized spacial score (nSPS) is 14.4. The van der Waals surface area contributed by atoms with Gasteiger partial charge in [-0.3, -0.25) is 0 Å². The number of hydrogen-bond acceptors (Lipinski definition) is 4. The Morgan fingerprint density at radius 3 is 2.71 bits per heavy atom. The number of aromatic nitrogens is 2. The predicted octanol–water partition coefficient (Wildman–Crippen LogP) is 3.33. The van der Waals surface area contributed by atoms with Gasteiger partial charge in [-0.05, 0) is 35.7 Å². The van der Waals surface area contributed by atoms with Crippen LogP contribution in [0.2, 0.25) is 0 Å². The molecule has 0 saturated carbocycles. The first-order chi connectivity index (χ1) is 8.07. The van der Waals surface area contributed by atoms with E-state index in [9.17, 15) is 0 Å². The zero-order chi connectivity index (χ0) is 12.9. The van der Waals surface area contributed by atoms with Crippen molar-refractivity contribution < 1.29 is 4.74 Å². The molecule has 0 saturated heterocycles. The summed E-state index contributed by atoms with van der Waals surface area (Å²) in [5, 5.41) is 3.27. The molecule has 0 spiro atoms. The highest BCUT2D eigenvalue weighted by Gasteiger charge is 2.27. The summed E-state index contributed by atoms with van der Waals surface area (Å²) >= 11 is 3.44. The van der Waals surface area contributed by atoms with E-state index in [1.165, 1.54) is 0 Å². The SMILES string of the molecule is CCCNc1nc(C(C)(CC)OC)ncc1Br. The van der Waals surface area contributed by atoms with Gasteiger partial charge in [-0.1, -0.05) is 13.8 Å². The molecule has 0 aliphatic rings. The van der Waals surface area contributed by atoms with Crippen LogP contribution in [0, 0.1) is 0 Å². The Kier molecular flexibility index (Phi) is 5.33. The fourth-order valence-electron chi connectivity index (χ4n) is 1.38. The van der Waals surface area contributed by atoms with Gasteiger partial charge in [0.25, 0.3) is 0 Å². The van der Waals surface area contributed by atoms with Crippen molar-refractivity contribution in [2.45, 2.75) is 39.2 Å². The summed E-state index contributed by atoms with van der Waals surface area (Å²) in [7, 11) is 1.69. The molecule has 1 aromatic rings. The Morgan fingerprint density at radius 1 is 1.47 bits per heavy atom. The van der Waals surface area contributed by atoms with Gasteiger partial charge in [0.1, 0.15) is 11.4 Å². The van der Waals surface area contributed by atoms with E-state index in [1.807, 2.05) is 6.92 Å². The molecule has 17 heavy (non-hydrogen) atoms. The van der Waals surface area contributed by atoms with E-state index in [1.54, 1.807) is 13.3 Å². The van der Waals surface area contributed by atoms with Crippen molar-refractivity contribution in [3.63, 3.8) is 0 Å². The predicted molar refractivity (Wildman–Crippen MR) is 73.2 cm³/mol. The van der Waals surface area contributed by atoms with Crippen LogP contribution in [0.1, 0.15) is 39.4 Å². The maximum absolute atomic E-state index is 5.50. The van der Waals surface area contributed by atoms with Crippen LogP contribution < -0.4 is 5.32 Å². The van der Waals surface area contributed by atoms with Gasteiger partial charge in [-0.25, -0.2) is 9.97 Å². The van der Waals surface area contributed by atoms with Crippen LogP contribution in [0.5, 0.6) is 0 Å². The Hall–Kier alpha value is -0.680. The molecule has 0 radical (unpaired) electrons. The smallest absolute Gasteiger partial charge is 0.162 e. The van der Waals surface area contributed by atoms with Crippen molar-refractivity contribution in [2.75, 3.05) is 19.0 Å². The van der Waals surface area contributed by atoms with Crippen LogP contribution in [-0.2, 0) is 10.3 Å². The van der Waals surface area contributed by atoms with E-state index in [-0.39, 0.29) is 0 Å². The van der Waals surface area contributed by atoms with E-state index >= 15 is 0 Å². The Morgan fingerprint density at radius 2 is 2.18 bits per heavy atom. The molecule has 0 amide bonds. The van der Waals surface area contributed by atoms with E-state index in [2.05, 4.69) is 45.1 Å². The van der Waals surface area contributed by atoms with Gasteiger partial charge in [0, 0.05) is 19.9 Å². The third kappa shape index (κ3) is 3.39. The maximum atomic E-state index is 5.50. The molecule has 1 aromatic heterocycles. The highest BCUT2D eigenvalue weighted by atomic mass is 79.9. The zero-order valence-electron chi connectivity index (χ0n) is 10.9. The monoisotopic (exact) mass is 301 g/mol. The molecule has 5 heteroatoms. The Balaban J connectivity index is 3.02. The van der Waals surface area contributed by atoms with Crippen molar-refractivity contribution >= 4 is 21.7 Å². The summed E-state index contributed by atoms with van der Waals surface area (Å²) in [5.41, 5.74) is -0.427. The zero-order valence-corrected chi connectivity index (χ0v) is 12.5. The standard InChI is InChI=1S/C12H20BrN3O/c1-5-7-14-10-9(13)8-15-11(16-10)12(3,6-2)17-4/h8H,5-7H2,1-4H3,(H,14,15,16). The molecule has 1 N–H and O–H groups in total. The molecule has 0 aliphatic heterocycles. The first-order valence-corrected chi connectivity index (χ1v) is 6.68. The Bertz CT molecular complexity index is 367. The molecule has 1 heterocycles. The number of rotatable bonds is 6. The highest BCUT2D eigenvalue weighted by molar-refractivity contribution is 9.10. The fourth-order valence-corrected chi connectivity index (χ4v) is 1.71. The highest BCUT2D eigenvalue weighted by Crippen LogP contribution is 2.28. The number of halogens is 1. The van der Waals surface area contributed by atoms with E-state index < -0.39 is 5.60 Å². The molecule has 1 atom stereocenters. The van der Waals surface area contributed by atoms with Crippen LogP contribution in [-0.4, -0.2) is 23.6 Å². The summed E-state index contributed by atoms with van der Waals surface area (Å²) in [4.78, 5) is 8.87. The molecule has 0 aliphatic carbocycles. The van der Waals surface area contributed by atoms with Gasteiger partial charge in [0.05, 0.1) is 4.47 Å². The number of nitrogens with one attached hydrogen (secondary N) is 1. The largest absolute Gasteiger partial charge is 0.371 e. The lowest BCUT2D eigenvalue weighted by molar-refractivity contribution is -0.00890. The first kappa shape index (κ1) is 14.4. The molecule has 1 unspecified atom stereocenters. The lowest BCUT2D eigenvalue weighted by Crippen LogP contribution is -2.26. The van der Waals surface area contributed by atoms with Gasteiger partial charge in [-0.2, -0.15) is 0 Å². The van der Waals surface area contributed by atoms with Gasteiger partial charge >= 0.3 is 0 Å². The number of nitrogens with zero attached hydrogens (tertiary/aromatic N) is 2. The summed E-state index contributed by atoms with van der Waals surface area (Å²) in [6, 6.07) is 0. The van der Waals surface area contributed by atoms with Crippen LogP contribution >= 0.6 is 15.9 Å². The topological polar surface area (TPSA) is 47.0 Å². The molecule has 0 fully saturated rings. The second-order valence-corrected chi connectivity index (χ2v) is 4.96. The summed E-state index contributed by atoms with van der Waals surface area (Å²) in [6.45, 7) is 7.08. The second-order valence-electron chi connectivity index (χ2n) is 4.11. The van der Waals surface area contributed by atoms with Gasteiger partial charge in [0.15, 0.2) is 5.82 Å². The van der Waals surface area contributed by atoms with Crippen molar-refractivity contribution in [3.8, 4) is 0 Å². The first-order valence-electron chi connectivity index (χ1n) is 5.89. The maximum Gasteiger partial charge on any atom is 0.162 e. The summed E-state index contributed by atoms with van der Waals surface area (Å²) < 4.78 is 6.38. The van der Waals surface area contributed by atoms with Gasteiger partial charge < -0.3 is 10.1 Å². The van der Waals surface area contributed by atoms with Crippen molar-refractivity contribution in [2.24, 2.45) is 0 Å². The molecule has 96 valence electrons. The molecule has 0 bridgehead atoms. The minimum Gasteiger partial charge on any atom is -0.371 e. The van der Waals surface area contributed by atoms with Crippen LogP contribution in [0.15, 0.2) is 10.7 Å². The van der Waals surface area contributed by atoms with Crippen molar-refractivity contribution in [1.82, 2.24) is 9.97 Å². The van der Waals surface area contributed by atoms with Crippen LogP contribution in [0.4, 0.5) is 5.82 Å². The van der Waals surface area contributed by atoms with E-state index in [4.69, 9.17) is 4.74 Å². The molecular weight excluding hydrogens is 282 g/mol. The minimum atomic E-state index is -0.427. The quantitative estimate of drug-likeness (QED) is 0.875. The number of ether oxygens (including phenoxy) is 1. The minimum absolute atomic E-state index is 0.427. The number of methoxy groups -OCH3 is 1. The summed E-state index contributed by atoms with van der Waals surface area (Å²) in [6.07, 6.45) is 3.66. The van der Waals surface area contributed by atoms with Gasteiger partial charge in [0.2, 0.25) is 0 Å². The molecular formula is C12H20BrN3O. The molecule has 1 rings (SSSR count). The van der Waals surface area contributed by atoms with Crippen LogP contribution in [0.25, 0.3) is 0 Å². The number of hydrogen-bond donors (Lipinski definition) is 1.